The van der Waals surface area contributed by atoms with E-state index in [9.17, 15) is 24.9 Å². The summed E-state index contributed by atoms with van der Waals surface area (Å²) < 4.78 is 12.5. The number of nitrogens with zero attached hydrogens (tertiary/aromatic N) is 1. The number of allylic oxidation sites excluding steroid dienone is 1. The number of halogens is 1. The van der Waals surface area contributed by atoms with Crippen molar-refractivity contribution in [3.8, 4) is 11.5 Å². The summed E-state index contributed by atoms with van der Waals surface area (Å²) in [6.45, 7) is 3.67. The molecule has 0 bridgehead atoms. The van der Waals surface area contributed by atoms with Crippen LogP contribution in [-0.4, -0.2) is 70.5 Å². The Morgan fingerprint density at radius 3 is 2.59 bits per heavy atom. The Kier molecular flexibility index (Phi) is 13.1. The highest BCUT2D eigenvalue weighted by atomic mass is 127. The van der Waals surface area contributed by atoms with Crippen LogP contribution in [0.25, 0.3) is 0 Å². The molecule has 222 valence electrons. The van der Waals surface area contributed by atoms with Gasteiger partial charge in [0, 0.05) is 31.5 Å². The smallest absolute Gasteiger partial charge is 0.247 e. The highest BCUT2D eigenvalue weighted by Crippen LogP contribution is 2.37. The number of amides is 2. The Bertz CT molecular complexity index is 1200. The number of nitrogens with one attached hydrogen (secondary N) is 1. The van der Waals surface area contributed by atoms with Gasteiger partial charge in [-0.1, -0.05) is 36.4 Å². The minimum Gasteiger partial charge on any atom is -0.493 e. The van der Waals surface area contributed by atoms with Gasteiger partial charge in [-0.05, 0) is 71.2 Å². The predicted molar refractivity (Wildman–Crippen MR) is 164 cm³/mol. The van der Waals surface area contributed by atoms with Crippen molar-refractivity contribution in [1.29, 1.82) is 0 Å². The molecule has 0 aliphatic heterocycles. The van der Waals surface area contributed by atoms with E-state index in [0.717, 1.165) is 18.4 Å². The number of aliphatic hydroxyl groups excluding tert-OH is 3. The summed E-state index contributed by atoms with van der Waals surface area (Å²) in [6.07, 6.45) is 3.95. The molecule has 1 aliphatic carbocycles. The quantitative estimate of drug-likeness (QED) is 0.129. The van der Waals surface area contributed by atoms with Crippen molar-refractivity contribution in [2.24, 2.45) is 0 Å². The maximum Gasteiger partial charge on any atom is 0.247 e. The van der Waals surface area contributed by atoms with Gasteiger partial charge in [-0.2, -0.15) is 0 Å². The van der Waals surface area contributed by atoms with Gasteiger partial charge in [0.15, 0.2) is 11.5 Å². The van der Waals surface area contributed by atoms with Gasteiger partial charge >= 0.3 is 0 Å². The van der Waals surface area contributed by atoms with Crippen molar-refractivity contribution in [3.63, 3.8) is 0 Å². The second kappa shape index (κ2) is 16.5. The molecule has 2 aromatic carbocycles. The molecule has 0 saturated carbocycles. The number of rotatable bonds is 15. The van der Waals surface area contributed by atoms with E-state index in [2.05, 4.69) is 34.5 Å². The zero-order chi connectivity index (χ0) is 29.8. The van der Waals surface area contributed by atoms with E-state index >= 15 is 0 Å². The minimum atomic E-state index is -1.16. The molecule has 0 saturated heterocycles. The molecule has 4 N–H and O–H groups in total. The lowest BCUT2D eigenvalue weighted by molar-refractivity contribution is -0.139. The molecule has 0 spiro atoms. The van der Waals surface area contributed by atoms with Gasteiger partial charge in [0.05, 0.1) is 29.9 Å². The third kappa shape index (κ3) is 9.03. The van der Waals surface area contributed by atoms with Gasteiger partial charge in [-0.25, -0.2) is 0 Å². The van der Waals surface area contributed by atoms with Crippen LogP contribution in [0.4, 0.5) is 0 Å². The van der Waals surface area contributed by atoms with Crippen LogP contribution in [0.15, 0.2) is 66.8 Å². The lowest BCUT2D eigenvalue weighted by Gasteiger charge is -2.41. The molecule has 0 aromatic heterocycles. The number of benzene rings is 2. The summed E-state index contributed by atoms with van der Waals surface area (Å²) in [7, 11) is 1.48. The van der Waals surface area contributed by atoms with Crippen molar-refractivity contribution in [2.45, 2.75) is 63.5 Å². The van der Waals surface area contributed by atoms with Crippen LogP contribution in [0, 0.1) is 3.57 Å². The second-order valence-corrected chi connectivity index (χ2v) is 11.0. The van der Waals surface area contributed by atoms with Crippen LogP contribution < -0.4 is 14.8 Å². The van der Waals surface area contributed by atoms with Crippen LogP contribution in [0.2, 0.25) is 0 Å². The first-order chi connectivity index (χ1) is 19.8. The van der Waals surface area contributed by atoms with Crippen molar-refractivity contribution >= 4 is 34.4 Å². The molecule has 0 heterocycles. The fraction of sp³-hybridized carbons (Fsp3) is 0.419. The highest BCUT2D eigenvalue weighted by Gasteiger charge is 2.40. The van der Waals surface area contributed by atoms with E-state index in [4.69, 9.17) is 9.47 Å². The van der Waals surface area contributed by atoms with E-state index in [0.29, 0.717) is 39.0 Å². The van der Waals surface area contributed by atoms with Gasteiger partial charge in [-0.3, -0.25) is 9.59 Å². The van der Waals surface area contributed by atoms with Crippen LogP contribution in [0.3, 0.4) is 0 Å². The number of hydrogen-bond donors (Lipinski definition) is 4. The second-order valence-electron chi connectivity index (χ2n) is 9.82. The Labute approximate surface area is 255 Å². The molecule has 3 rings (SSSR count). The fourth-order valence-electron chi connectivity index (χ4n) is 4.77. The SMILES string of the molecule is C=CCCCCC(=O)N(Cc1ccccc1)[C@@H]1CC(C(=O)NCCO)=C[C@H](Oc2c(I)cc(CO)cc2OC)[C@H]1O. The number of aliphatic hydroxyl groups is 3. The van der Waals surface area contributed by atoms with Crippen LogP contribution in [0.1, 0.15) is 43.2 Å². The molecule has 3 atom stereocenters. The number of ether oxygens (including phenoxy) is 2. The van der Waals surface area contributed by atoms with E-state index in [1.54, 1.807) is 23.1 Å². The maximum absolute atomic E-state index is 13.6. The average molecular weight is 679 g/mol. The van der Waals surface area contributed by atoms with E-state index in [-0.39, 0.29) is 38.6 Å². The van der Waals surface area contributed by atoms with E-state index in [1.807, 2.05) is 36.4 Å². The summed E-state index contributed by atoms with van der Waals surface area (Å²) in [6, 6.07) is 12.2. The molecule has 2 amide bonds. The molecule has 2 aromatic rings. The summed E-state index contributed by atoms with van der Waals surface area (Å²) in [5.41, 5.74) is 1.88. The standard InChI is InChI=1S/C31H39IN2O7/c1-3-4-5-9-12-28(37)34(19-21-10-7-6-8-11-21)25-17-23(31(39)33-13-14-35)18-26(29(25)38)41-30-24(32)15-22(20-36)16-27(30)40-2/h3,6-8,10-11,15-16,18,25-26,29,35-36,38H,1,4-5,9,12-14,17,19-20H2,2H3,(H,33,39)/t25-,26+,29+/m1/s1. The fourth-order valence-corrected chi connectivity index (χ4v) is 5.57. The Balaban J connectivity index is 2.00. The first-order valence-corrected chi connectivity index (χ1v) is 14.8. The Morgan fingerprint density at radius 1 is 1.17 bits per heavy atom. The first kappa shape index (κ1) is 32.6. The summed E-state index contributed by atoms with van der Waals surface area (Å²) >= 11 is 2.07. The molecular formula is C31H39IN2O7. The van der Waals surface area contributed by atoms with Gasteiger partial charge in [0.25, 0.3) is 0 Å². The summed E-state index contributed by atoms with van der Waals surface area (Å²) in [5.74, 6) is 0.193. The average Bonchev–Trinajstić information content (AvgIpc) is 2.99. The van der Waals surface area contributed by atoms with E-state index < -0.39 is 24.2 Å². The number of methoxy groups -OCH3 is 1. The third-order valence-corrected chi connectivity index (χ3v) is 7.71. The van der Waals surface area contributed by atoms with Crippen LogP contribution >= 0.6 is 22.6 Å². The van der Waals surface area contributed by atoms with Crippen molar-refractivity contribution in [2.75, 3.05) is 20.3 Å². The number of hydrogen-bond acceptors (Lipinski definition) is 7. The lowest BCUT2D eigenvalue weighted by atomic mass is 9.87. The third-order valence-electron chi connectivity index (χ3n) is 6.91. The van der Waals surface area contributed by atoms with Crippen molar-refractivity contribution in [1.82, 2.24) is 10.2 Å². The maximum atomic E-state index is 13.6. The Hall–Kier alpha value is -2.93. The first-order valence-electron chi connectivity index (χ1n) is 13.7. The summed E-state index contributed by atoms with van der Waals surface area (Å²) in [4.78, 5) is 28.4. The summed E-state index contributed by atoms with van der Waals surface area (Å²) in [5, 5.41) is 33.2. The van der Waals surface area contributed by atoms with Crippen LogP contribution in [0.5, 0.6) is 11.5 Å². The molecule has 0 unspecified atom stereocenters. The van der Waals surface area contributed by atoms with Gasteiger partial charge in [0.2, 0.25) is 11.8 Å². The molecule has 41 heavy (non-hydrogen) atoms. The lowest BCUT2D eigenvalue weighted by Crippen LogP contribution is -2.54. The normalized spacial score (nSPS) is 18.3. The molecule has 9 nitrogen and oxygen atoms in total. The molecule has 0 radical (unpaired) electrons. The number of unbranched alkanes of at least 4 members (excludes halogenated alkanes) is 2. The number of carbonyl (C=O) groups excluding carboxylic acids is 2. The van der Waals surface area contributed by atoms with E-state index in [1.165, 1.54) is 7.11 Å². The molecular weight excluding hydrogens is 639 g/mol. The minimum absolute atomic E-state index is 0.0687. The largest absolute Gasteiger partial charge is 0.493 e. The number of carbonyl (C=O) groups is 2. The highest BCUT2D eigenvalue weighted by molar-refractivity contribution is 14.1. The zero-order valence-corrected chi connectivity index (χ0v) is 25.5. The van der Waals surface area contributed by atoms with Crippen molar-refractivity contribution in [3.05, 3.63) is 81.5 Å². The van der Waals surface area contributed by atoms with Gasteiger partial charge in [-0.15, -0.1) is 6.58 Å². The van der Waals surface area contributed by atoms with Crippen molar-refractivity contribution < 1.29 is 34.4 Å². The molecule has 10 heteroatoms. The Morgan fingerprint density at radius 2 is 1.93 bits per heavy atom. The van der Waals surface area contributed by atoms with Gasteiger partial charge < -0.3 is 35.0 Å². The monoisotopic (exact) mass is 678 g/mol. The zero-order valence-electron chi connectivity index (χ0n) is 23.3. The van der Waals surface area contributed by atoms with Gasteiger partial charge in [0.1, 0.15) is 12.2 Å². The predicted octanol–water partition coefficient (Wildman–Crippen LogP) is 3.48. The topological polar surface area (TPSA) is 129 Å². The molecule has 0 fully saturated rings. The van der Waals surface area contributed by atoms with Crippen LogP contribution in [-0.2, 0) is 22.7 Å². The molecule has 1 aliphatic rings.